The molecule has 0 amide bonds. The fraction of sp³-hybridized carbons (Fsp3) is 0.0435. The smallest absolute Gasteiger partial charge is 0.349 e. The quantitative estimate of drug-likeness (QED) is 0.453. The number of fused-ring (bicyclic) bond motifs is 2. The third-order valence-corrected chi connectivity index (χ3v) is 4.95. The Hall–Kier alpha value is -4.44. The molecular weight excluding hydrogens is 380 g/mol. The average molecular weight is 394 g/mol. The Kier molecular flexibility index (Phi) is 3.86. The van der Waals surface area contributed by atoms with Crippen LogP contribution in [0, 0.1) is 18.3 Å². The van der Waals surface area contributed by atoms with E-state index in [1.807, 2.05) is 30.3 Å². The first-order valence-electron chi connectivity index (χ1n) is 9.19. The third kappa shape index (κ3) is 2.55. The van der Waals surface area contributed by atoms with E-state index in [4.69, 9.17) is 4.42 Å². The Labute approximate surface area is 170 Å². The molecule has 144 valence electrons. The maximum absolute atomic E-state index is 12.9. The van der Waals surface area contributed by atoms with Gasteiger partial charge in [0.25, 0.3) is 0 Å². The summed E-state index contributed by atoms with van der Waals surface area (Å²) in [6.45, 7) is 1.70. The Balaban J connectivity index is 1.95. The summed E-state index contributed by atoms with van der Waals surface area (Å²) >= 11 is 0. The van der Waals surface area contributed by atoms with Gasteiger partial charge in [0.1, 0.15) is 34.4 Å². The van der Waals surface area contributed by atoms with Crippen molar-refractivity contribution in [2.24, 2.45) is 0 Å². The molecule has 30 heavy (non-hydrogen) atoms. The highest BCUT2D eigenvalue weighted by atomic mass is 16.4. The molecule has 0 radical (unpaired) electrons. The molecule has 5 rings (SSSR count). The number of benzene rings is 2. The predicted octanol–water partition coefficient (Wildman–Crippen LogP) is 4.06. The van der Waals surface area contributed by atoms with Crippen LogP contribution >= 0.6 is 0 Å². The molecule has 0 bridgehead atoms. The molecule has 2 aromatic carbocycles. The second-order valence-electron chi connectivity index (χ2n) is 6.80. The lowest BCUT2D eigenvalue weighted by Gasteiger charge is -2.12. The van der Waals surface area contributed by atoms with Crippen LogP contribution in [0.15, 0.2) is 69.9 Å². The molecular formula is C23H14N4O3. The molecule has 7 heteroatoms. The van der Waals surface area contributed by atoms with Gasteiger partial charge in [-0.15, -0.1) is 0 Å². The number of nitrogens with zero attached hydrogens (tertiary/aromatic N) is 4. The van der Waals surface area contributed by atoms with E-state index in [0.29, 0.717) is 33.7 Å². The van der Waals surface area contributed by atoms with E-state index in [-0.39, 0.29) is 16.9 Å². The lowest BCUT2D eigenvalue weighted by Crippen LogP contribution is -2.08. The zero-order valence-corrected chi connectivity index (χ0v) is 15.8. The Morgan fingerprint density at radius 2 is 1.83 bits per heavy atom. The second-order valence-corrected chi connectivity index (χ2v) is 6.80. The van der Waals surface area contributed by atoms with Crippen LogP contribution in [0.2, 0.25) is 0 Å². The van der Waals surface area contributed by atoms with Crippen LogP contribution in [0.1, 0.15) is 11.4 Å². The van der Waals surface area contributed by atoms with E-state index in [9.17, 15) is 15.2 Å². The van der Waals surface area contributed by atoms with Crippen molar-refractivity contribution in [1.82, 2.24) is 14.6 Å². The largest absolute Gasteiger partial charge is 0.506 e. The Morgan fingerprint density at radius 3 is 2.60 bits per heavy atom. The van der Waals surface area contributed by atoms with Crippen molar-refractivity contribution in [3.8, 4) is 34.2 Å². The van der Waals surface area contributed by atoms with Gasteiger partial charge < -0.3 is 9.52 Å². The fourth-order valence-electron chi connectivity index (χ4n) is 3.63. The SMILES string of the molecule is Cc1nc2c(C#N)c(-c3ccccc3)cc(-c3c(O)c4ccccc4oc3=O)n2n1. The standard InChI is InChI=1S/C23H14N4O3/c1-13-25-22-17(12-24)16(14-7-3-2-4-8-14)11-18(27(22)26-13)20-21(28)15-9-5-6-10-19(15)30-23(20)29/h2-11,28H,1H3. The topological polar surface area (TPSA) is 104 Å². The van der Waals surface area contributed by atoms with Gasteiger partial charge in [-0.2, -0.15) is 10.4 Å². The minimum Gasteiger partial charge on any atom is -0.506 e. The van der Waals surface area contributed by atoms with Gasteiger partial charge >= 0.3 is 5.63 Å². The molecule has 1 N–H and O–H groups in total. The molecule has 0 aliphatic heterocycles. The van der Waals surface area contributed by atoms with Crippen LogP contribution in [0.25, 0.3) is 39.0 Å². The van der Waals surface area contributed by atoms with Crippen LogP contribution in [0.4, 0.5) is 0 Å². The van der Waals surface area contributed by atoms with Gasteiger partial charge in [0.15, 0.2) is 5.65 Å². The molecule has 0 fully saturated rings. The zero-order valence-electron chi connectivity index (χ0n) is 15.8. The zero-order chi connectivity index (χ0) is 20.8. The van der Waals surface area contributed by atoms with Crippen molar-refractivity contribution >= 4 is 16.6 Å². The highest BCUT2D eigenvalue weighted by Crippen LogP contribution is 2.36. The summed E-state index contributed by atoms with van der Waals surface area (Å²) in [6.07, 6.45) is 0. The molecule has 3 heterocycles. The Bertz CT molecular complexity index is 1540. The number of aryl methyl sites for hydroxylation is 1. The van der Waals surface area contributed by atoms with Crippen molar-refractivity contribution in [2.75, 3.05) is 0 Å². The maximum Gasteiger partial charge on any atom is 0.349 e. The molecule has 0 aliphatic rings. The minimum absolute atomic E-state index is 0.0368. The van der Waals surface area contributed by atoms with Crippen molar-refractivity contribution in [1.29, 1.82) is 5.26 Å². The van der Waals surface area contributed by atoms with Crippen LogP contribution in [-0.2, 0) is 0 Å². The van der Waals surface area contributed by atoms with Crippen molar-refractivity contribution < 1.29 is 9.52 Å². The van der Waals surface area contributed by atoms with Gasteiger partial charge in [-0.25, -0.2) is 14.3 Å². The van der Waals surface area contributed by atoms with E-state index >= 15 is 0 Å². The predicted molar refractivity (Wildman–Crippen MR) is 111 cm³/mol. The summed E-state index contributed by atoms with van der Waals surface area (Å²) < 4.78 is 6.85. The van der Waals surface area contributed by atoms with Crippen molar-refractivity contribution in [2.45, 2.75) is 6.92 Å². The molecule has 5 aromatic rings. The lowest BCUT2D eigenvalue weighted by atomic mass is 9.98. The van der Waals surface area contributed by atoms with Gasteiger partial charge in [0.2, 0.25) is 0 Å². The van der Waals surface area contributed by atoms with Gasteiger partial charge in [0, 0.05) is 5.56 Å². The first-order chi connectivity index (χ1) is 14.6. The summed E-state index contributed by atoms with van der Waals surface area (Å²) in [5.41, 5.74) is 1.83. The normalized spacial score (nSPS) is 11.1. The average Bonchev–Trinajstić information content (AvgIpc) is 3.15. The first-order valence-corrected chi connectivity index (χ1v) is 9.19. The van der Waals surface area contributed by atoms with Crippen molar-refractivity contribution in [3.63, 3.8) is 0 Å². The Morgan fingerprint density at radius 1 is 1.10 bits per heavy atom. The molecule has 0 unspecified atom stereocenters. The van der Waals surface area contributed by atoms with Crippen LogP contribution < -0.4 is 5.63 Å². The highest BCUT2D eigenvalue weighted by molar-refractivity contribution is 5.91. The third-order valence-electron chi connectivity index (χ3n) is 4.95. The van der Waals surface area contributed by atoms with Crippen LogP contribution in [0.3, 0.4) is 0 Å². The molecule has 0 saturated heterocycles. The number of aromatic hydroxyl groups is 1. The second kappa shape index (κ2) is 6.57. The fourth-order valence-corrected chi connectivity index (χ4v) is 3.63. The van der Waals surface area contributed by atoms with Gasteiger partial charge in [-0.1, -0.05) is 42.5 Å². The number of aromatic nitrogens is 3. The van der Waals surface area contributed by atoms with E-state index < -0.39 is 5.63 Å². The van der Waals surface area contributed by atoms with E-state index in [0.717, 1.165) is 5.56 Å². The molecule has 0 aliphatic carbocycles. The van der Waals surface area contributed by atoms with Gasteiger partial charge in [0.05, 0.1) is 11.1 Å². The summed E-state index contributed by atoms with van der Waals surface area (Å²) in [7, 11) is 0. The molecule has 0 atom stereocenters. The van der Waals surface area contributed by atoms with Gasteiger partial charge in [-0.05, 0) is 30.7 Å². The van der Waals surface area contributed by atoms with E-state index in [1.165, 1.54) is 4.52 Å². The molecule has 7 nitrogen and oxygen atoms in total. The highest BCUT2D eigenvalue weighted by Gasteiger charge is 2.23. The lowest BCUT2D eigenvalue weighted by molar-refractivity contribution is 0.470. The van der Waals surface area contributed by atoms with E-state index in [2.05, 4.69) is 16.2 Å². The summed E-state index contributed by atoms with van der Waals surface area (Å²) in [4.78, 5) is 17.2. The number of para-hydroxylation sites is 1. The van der Waals surface area contributed by atoms with Gasteiger partial charge in [-0.3, -0.25) is 0 Å². The number of hydrogen-bond acceptors (Lipinski definition) is 6. The summed E-state index contributed by atoms with van der Waals surface area (Å²) in [5.74, 6) is 0.225. The number of nitriles is 1. The molecule has 0 saturated carbocycles. The summed E-state index contributed by atoms with van der Waals surface area (Å²) in [5, 5.41) is 25.6. The first kappa shape index (κ1) is 17.6. The molecule has 0 spiro atoms. The number of rotatable bonds is 2. The van der Waals surface area contributed by atoms with Crippen molar-refractivity contribution in [3.05, 3.63) is 82.5 Å². The molecule has 3 aromatic heterocycles. The number of hydrogen-bond donors (Lipinski definition) is 1. The summed E-state index contributed by atoms with van der Waals surface area (Å²) in [6, 6.07) is 19.9. The monoisotopic (exact) mass is 394 g/mol. The van der Waals surface area contributed by atoms with E-state index in [1.54, 1.807) is 37.3 Å². The van der Waals surface area contributed by atoms with Crippen LogP contribution in [-0.4, -0.2) is 19.7 Å². The maximum atomic E-state index is 12.9. The number of pyridine rings is 1. The van der Waals surface area contributed by atoms with Crippen LogP contribution in [0.5, 0.6) is 5.75 Å². The minimum atomic E-state index is -0.704.